The second-order valence-electron chi connectivity index (χ2n) is 6.07. The Balaban J connectivity index is 1.56. The lowest BCUT2D eigenvalue weighted by Gasteiger charge is -2.12. The Bertz CT molecular complexity index is 869. The number of ether oxygens (including phenoxy) is 1. The van der Waals surface area contributed by atoms with Crippen molar-refractivity contribution in [3.63, 3.8) is 0 Å². The van der Waals surface area contributed by atoms with Crippen molar-refractivity contribution in [1.29, 1.82) is 0 Å². The number of nitrogens with zero attached hydrogens (tertiary/aromatic N) is 1. The second-order valence-corrected chi connectivity index (χ2v) is 6.07. The number of para-hydroxylation sites is 1. The van der Waals surface area contributed by atoms with E-state index in [4.69, 9.17) is 4.74 Å². The molecule has 0 aliphatic heterocycles. The Morgan fingerprint density at radius 3 is 2.77 bits per heavy atom. The van der Waals surface area contributed by atoms with Gasteiger partial charge >= 0.3 is 12.0 Å². The summed E-state index contributed by atoms with van der Waals surface area (Å²) in [6.07, 6.45) is 5.25. The van der Waals surface area contributed by atoms with Crippen molar-refractivity contribution in [3.05, 3.63) is 48.2 Å². The summed E-state index contributed by atoms with van der Waals surface area (Å²) >= 11 is 0. The molecule has 1 aliphatic rings. The second kappa shape index (κ2) is 7.77. The van der Waals surface area contributed by atoms with Crippen LogP contribution in [0.3, 0.4) is 0 Å². The van der Waals surface area contributed by atoms with Crippen molar-refractivity contribution in [2.45, 2.75) is 31.9 Å². The third-order valence-corrected chi connectivity index (χ3v) is 3.87. The number of carbonyl (C=O) groups excluding carboxylic acids is 3. The van der Waals surface area contributed by atoms with Gasteiger partial charge in [-0.15, -0.1) is 0 Å². The van der Waals surface area contributed by atoms with Crippen LogP contribution in [0.2, 0.25) is 0 Å². The first-order valence-corrected chi connectivity index (χ1v) is 8.37. The largest absolute Gasteiger partial charge is 0.449 e. The molecule has 7 heteroatoms. The average Bonchev–Trinajstić information content (AvgIpc) is 3.43. The molecule has 1 aromatic carbocycles. The zero-order valence-electron chi connectivity index (χ0n) is 14.3. The Morgan fingerprint density at radius 2 is 2.00 bits per heavy atom. The SMILES string of the molecule is CC(OC(=O)C=Cc1cccc2cccnc12)C(=O)NC(=O)NC1CC1. The van der Waals surface area contributed by atoms with Crippen molar-refractivity contribution in [3.8, 4) is 0 Å². The lowest BCUT2D eigenvalue weighted by Crippen LogP contribution is -2.45. The van der Waals surface area contributed by atoms with Crippen molar-refractivity contribution < 1.29 is 19.1 Å². The molecular weight excluding hydrogens is 334 g/mol. The summed E-state index contributed by atoms with van der Waals surface area (Å²) in [4.78, 5) is 39.6. The van der Waals surface area contributed by atoms with Gasteiger partial charge in [0.25, 0.3) is 5.91 Å². The van der Waals surface area contributed by atoms with Gasteiger partial charge in [-0.25, -0.2) is 9.59 Å². The number of urea groups is 1. The molecule has 1 heterocycles. The van der Waals surface area contributed by atoms with Crippen LogP contribution >= 0.6 is 0 Å². The van der Waals surface area contributed by atoms with E-state index in [1.165, 1.54) is 13.0 Å². The average molecular weight is 353 g/mol. The maximum absolute atomic E-state index is 11.9. The number of pyridine rings is 1. The molecule has 0 saturated heterocycles. The number of nitrogens with one attached hydrogen (secondary N) is 2. The number of benzene rings is 1. The number of amides is 3. The number of hydrogen-bond donors (Lipinski definition) is 2. The highest BCUT2D eigenvalue weighted by molar-refractivity contribution is 5.98. The standard InChI is InChI=1S/C19H19N3O4/c1-12(18(24)22-19(25)21-15-8-9-15)26-16(23)10-7-14-5-2-4-13-6-3-11-20-17(13)14/h2-7,10-12,15H,8-9H2,1H3,(H2,21,22,24,25). The summed E-state index contributed by atoms with van der Waals surface area (Å²) in [5, 5.41) is 5.73. The number of imide groups is 1. The summed E-state index contributed by atoms with van der Waals surface area (Å²) < 4.78 is 5.03. The van der Waals surface area contributed by atoms with E-state index in [1.807, 2.05) is 30.3 Å². The fourth-order valence-electron chi connectivity index (χ4n) is 2.35. The molecule has 134 valence electrons. The number of esters is 1. The molecule has 2 N–H and O–H groups in total. The predicted molar refractivity (Wildman–Crippen MR) is 96.0 cm³/mol. The molecule has 7 nitrogen and oxygen atoms in total. The topological polar surface area (TPSA) is 97.4 Å². The number of fused-ring (bicyclic) bond motifs is 1. The minimum atomic E-state index is -1.08. The van der Waals surface area contributed by atoms with Crippen molar-refractivity contribution in [2.24, 2.45) is 0 Å². The predicted octanol–water partition coefficient (Wildman–Crippen LogP) is 2.17. The van der Waals surface area contributed by atoms with Gasteiger partial charge in [0.15, 0.2) is 6.10 Å². The van der Waals surface area contributed by atoms with Crippen molar-refractivity contribution >= 4 is 34.9 Å². The molecule has 1 unspecified atom stereocenters. The summed E-state index contributed by atoms with van der Waals surface area (Å²) in [6.45, 7) is 1.41. The van der Waals surface area contributed by atoms with E-state index >= 15 is 0 Å². The zero-order valence-corrected chi connectivity index (χ0v) is 14.3. The molecule has 0 radical (unpaired) electrons. The van der Waals surface area contributed by atoms with Crippen LogP contribution in [0.5, 0.6) is 0 Å². The molecule has 1 aliphatic carbocycles. The Morgan fingerprint density at radius 1 is 1.23 bits per heavy atom. The first-order chi connectivity index (χ1) is 12.5. The van der Waals surface area contributed by atoms with Crippen LogP contribution < -0.4 is 10.6 Å². The van der Waals surface area contributed by atoms with E-state index < -0.39 is 24.0 Å². The van der Waals surface area contributed by atoms with Gasteiger partial charge in [0.1, 0.15) is 0 Å². The third kappa shape index (κ3) is 4.66. The van der Waals surface area contributed by atoms with Crippen LogP contribution in [-0.4, -0.2) is 35.0 Å². The van der Waals surface area contributed by atoms with Crippen LogP contribution in [-0.2, 0) is 14.3 Å². The Kier molecular flexibility index (Phi) is 5.26. The van der Waals surface area contributed by atoms with Crippen LogP contribution in [0.15, 0.2) is 42.6 Å². The highest BCUT2D eigenvalue weighted by atomic mass is 16.5. The molecule has 0 bridgehead atoms. The molecule has 3 amide bonds. The van der Waals surface area contributed by atoms with Crippen molar-refractivity contribution in [2.75, 3.05) is 0 Å². The normalized spacial score (nSPS) is 14.8. The molecule has 26 heavy (non-hydrogen) atoms. The maximum Gasteiger partial charge on any atom is 0.331 e. The molecular formula is C19H19N3O4. The van der Waals surface area contributed by atoms with Crippen LogP contribution in [0.25, 0.3) is 17.0 Å². The molecule has 1 atom stereocenters. The smallest absolute Gasteiger partial charge is 0.331 e. The lowest BCUT2D eigenvalue weighted by molar-refractivity contribution is -0.149. The Labute approximate surface area is 150 Å². The molecule has 1 saturated carbocycles. The van der Waals surface area contributed by atoms with E-state index in [0.717, 1.165) is 29.3 Å². The van der Waals surface area contributed by atoms with Crippen LogP contribution in [0.1, 0.15) is 25.3 Å². The highest BCUT2D eigenvalue weighted by Gasteiger charge is 2.25. The zero-order chi connectivity index (χ0) is 18.5. The van der Waals surface area contributed by atoms with E-state index in [2.05, 4.69) is 15.6 Å². The molecule has 1 fully saturated rings. The van der Waals surface area contributed by atoms with Crippen molar-refractivity contribution in [1.82, 2.24) is 15.6 Å². The molecule has 2 aromatic rings. The lowest BCUT2D eigenvalue weighted by atomic mass is 10.1. The minimum absolute atomic E-state index is 0.137. The van der Waals surface area contributed by atoms with E-state index in [1.54, 1.807) is 12.3 Å². The first kappa shape index (κ1) is 17.6. The molecule has 0 spiro atoms. The fourth-order valence-corrected chi connectivity index (χ4v) is 2.35. The number of carbonyl (C=O) groups is 3. The van der Waals surface area contributed by atoms with Gasteiger partial charge in [-0.3, -0.25) is 15.1 Å². The summed E-state index contributed by atoms with van der Waals surface area (Å²) in [7, 11) is 0. The summed E-state index contributed by atoms with van der Waals surface area (Å²) in [5.41, 5.74) is 1.53. The third-order valence-electron chi connectivity index (χ3n) is 3.87. The monoisotopic (exact) mass is 353 g/mol. The summed E-state index contributed by atoms with van der Waals surface area (Å²) in [5.74, 6) is -1.35. The van der Waals surface area contributed by atoms with Gasteiger partial charge in [-0.2, -0.15) is 0 Å². The van der Waals surface area contributed by atoms with Gasteiger partial charge in [0, 0.05) is 29.3 Å². The van der Waals surface area contributed by atoms with Gasteiger partial charge in [-0.05, 0) is 31.9 Å². The van der Waals surface area contributed by atoms with E-state index in [0.29, 0.717) is 0 Å². The fraction of sp³-hybridized carbons (Fsp3) is 0.263. The number of rotatable bonds is 5. The maximum atomic E-state index is 11.9. The van der Waals surface area contributed by atoms with Crippen LogP contribution in [0, 0.1) is 0 Å². The summed E-state index contributed by atoms with van der Waals surface area (Å²) in [6, 6.07) is 8.95. The molecule has 1 aromatic heterocycles. The highest BCUT2D eigenvalue weighted by Crippen LogP contribution is 2.18. The Hall–Kier alpha value is -3.22. The van der Waals surface area contributed by atoms with Crippen LogP contribution in [0.4, 0.5) is 4.79 Å². The van der Waals surface area contributed by atoms with Gasteiger partial charge in [-0.1, -0.05) is 24.3 Å². The van der Waals surface area contributed by atoms with Gasteiger partial charge in [0.2, 0.25) is 0 Å². The molecule has 3 rings (SSSR count). The first-order valence-electron chi connectivity index (χ1n) is 8.37. The van der Waals surface area contributed by atoms with E-state index in [-0.39, 0.29) is 6.04 Å². The van der Waals surface area contributed by atoms with Gasteiger partial charge in [0.05, 0.1) is 5.52 Å². The van der Waals surface area contributed by atoms with E-state index in [9.17, 15) is 14.4 Å². The minimum Gasteiger partial charge on any atom is -0.449 e. The number of hydrogen-bond acceptors (Lipinski definition) is 5. The quantitative estimate of drug-likeness (QED) is 0.634. The van der Waals surface area contributed by atoms with Gasteiger partial charge < -0.3 is 10.1 Å². The number of aromatic nitrogens is 1.